The van der Waals surface area contributed by atoms with Crippen LogP contribution in [0.2, 0.25) is 0 Å². The molecule has 448 valence electrons. The van der Waals surface area contributed by atoms with Gasteiger partial charge in [0.05, 0.1) is 50.8 Å². The molecule has 0 radical (unpaired) electrons. The number of benzene rings is 3. The van der Waals surface area contributed by atoms with E-state index in [1.54, 1.807) is 66.7 Å². The van der Waals surface area contributed by atoms with E-state index in [1.807, 2.05) is 137 Å². The molecule has 1 heterocycles. The Balaban J connectivity index is 1.74. The number of anilines is 6. The topological polar surface area (TPSA) is 228 Å². The molecular weight excluding hydrogens is 1040 g/mol. The molecule has 0 fully saturated rings. The molecule has 0 saturated carbocycles. The van der Waals surface area contributed by atoms with Crippen molar-refractivity contribution in [1.82, 2.24) is 15.0 Å². The Labute approximate surface area is 486 Å². The van der Waals surface area contributed by atoms with Crippen molar-refractivity contribution in [2.24, 2.45) is 32.5 Å². The first-order valence-electron chi connectivity index (χ1n) is 27.5. The monoisotopic (exact) mass is 1130 g/mol. The zero-order chi connectivity index (χ0) is 61.4. The van der Waals surface area contributed by atoms with Gasteiger partial charge < -0.3 is 54.2 Å². The highest BCUT2D eigenvalue weighted by Crippen LogP contribution is 2.28. The summed E-state index contributed by atoms with van der Waals surface area (Å²) in [5.41, 5.74) is 1.72. The van der Waals surface area contributed by atoms with Crippen molar-refractivity contribution in [3.63, 3.8) is 0 Å². The molecule has 0 bridgehead atoms. The number of nitrogens with zero attached hydrogens (tertiary/aromatic N) is 3. The summed E-state index contributed by atoms with van der Waals surface area (Å²) in [5.74, 6) is -2.39. The summed E-state index contributed by atoms with van der Waals surface area (Å²) in [7, 11) is 1.48. The molecule has 0 amide bonds. The van der Waals surface area contributed by atoms with Crippen molar-refractivity contribution in [3.8, 4) is 0 Å². The van der Waals surface area contributed by atoms with Gasteiger partial charge in [0.2, 0.25) is 17.8 Å². The SMILES string of the molecule is COC(OCC(C)(C)C)/C(=C\c1ccc(Nc2nc(Nc3ccc(C=C(C(=O)OCC(C)(C)C)C(=O)OCC(C)(C)C)cc3)nc(Nc3ccc(/C=C(/C(=O)OCC(C)(C)C)C(O)OCC(C)(C)C)cc3)n2)cc1)C(=O)OCC(C)(C)C. The highest BCUT2D eigenvalue weighted by atomic mass is 16.7. The number of ether oxygens (including phenoxy) is 7. The van der Waals surface area contributed by atoms with Gasteiger partial charge in [0.15, 0.2) is 12.6 Å². The van der Waals surface area contributed by atoms with E-state index in [0.717, 1.165) is 0 Å². The van der Waals surface area contributed by atoms with Gasteiger partial charge in [-0.3, -0.25) is 0 Å². The first-order valence-corrected chi connectivity index (χ1v) is 27.5. The predicted octanol–water partition coefficient (Wildman–Crippen LogP) is 13.0. The number of nitrogens with one attached hydrogen (secondary N) is 3. The van der Waals surface area contributed by atoms with Crippen molar-refractivity contribution in [2.45, 2.75) is 137 Å². The summed E-state index contributed by atoms with van der Waals surface area (Å²) >= 11 is 0. The summed E-state index contributed by atoms with van der Waals surface area (Å²) in [4.78, 5) is 67.7. The molecule has 2 atom stereocenters. The molecule has 2 unspecified atom stereocenters. The van der Waals surface area contributed by atoms with Crippen LogP contribution in [0, 0.1) is 32.5 Å². The Bertz CT molecular complexity index is 2820. The lowest BCUT2D eigenvalue weighted by Crippen LogP contribution is -2.30. The van der Waals surface area contributed by atoms with Crippen LogP contribution in [0.15, 0.2) is 89.5 Å². The van der Waals surface area contributed by atoms with Crippen molar-refractivity contribution in [1.29, 1.82) is 0 Å². The number of aromatic nitrogens is 3. The second-order valence-electron chi connectivity index (χ2n) is 27.5. The molecule has 18 heteroatoms. The van der Waals surface area contributed by atoms with Crippen LogP contribution in [0.3, 0.4) is 0 Å². The van der Waals surface area contributed by atoms with Crippen molar-refractivity contribution in [2.75, 3.05) is 62.7 Å². The molecule has 0 saturated heterocycles. The Hall–Kier alpha value is -6.99. The third-order valence-electron chi connectivity index (χ3n) is 10.6. The van der Waals surface area contributed by atoms with Gasteiger partial charge in [-0.2, -0.15) is 15.0 Å². The van der Waals surface area contributed by atoms with Gasteiger partial charge in [-0.05, 0) is 104 Å². The number of hydrogen-bond donors (Lipinski definition) is 4. The zero-order valence-corrected chi connectivity index (χ0v) is 51.8. The first kappa shape index (κ1) is 67.5. The fourth-order valence-corrected chi connectivity index (χ4v) is 6.58. The zero-order valence-electron chi connectivity index (χ0n) is 51.8. The van der Waals surface area contributed by atoms with Crippen molar-refractivity contribution >= 4 is 77.0 Å². The highest BCUT2D eigenvalue weighted by Gasteiger charge is 2.29. The molecule has 4 rings (SSSR count). The molecule has 4 N–H and O–H groups in total. The number of hydrogen-bond acceptors (Lipinski definition) is 18. The minimum absolute atomic E-state index is 0.0489. The number of carbonyl (C=O) groups excluding carboxylic acids is 4. The van der Waals surface area contributed by atoms with Gasteiger partial charge in [0.1, 0.15) is 5.57 Å². The maximum absolute atomic E-state index is 13.6. The van der Waals surface area contributed by atoms with E-state index in [4.69, 9.17) is 48.1 Å². The van der Waals surface area contributed by atoms with Crippen LogP contribution < -0.4 is 16.0 Å². The van der Waals surface area contributed by atoms with E-state index in [2.05, 4.69) is 16.0 Å². The average molecular weight is 1140 g/mol. The summed E-state index contributed by atoms with van der Waals surface area (Å²) in [6, 6.07) is 21.2. The average Bonchev–Trinajstić information content (AvgIpc) is 3.39. The molecule has 4 aromatic rings. The number of aliphatic hydroxyl groups excluding tert-OH is 1. The summed E-state index contributed by atoms with van der Waals surface area (Å²) in [6.07, 6.45) is 2.13. The standard InChI is InChI=1S/C64H90N6O12/c1-59(2,3)35-77-50(71)47(51(72)78-36-60(4,5)6)32-41-20-26-44(27-21-41)65-56-68-57(66-45-28-22-42(23-29-45)33-48(52(73)79-37-61(7,8)9)53(74)80-38-62(10,11)12)70-58(69-56)67-46-30-24-43(25-31-46)34-49(54(75)81-39-63(13,14)15)55(76-19)82-40-64(16,17)18/h20-34,50,55,71H,35-40H2,1-19H3,(H3,65,66,67,68,69,70)/b47-32+,49-34-. The second-order valence-corrected chi connectivity index (χ2v) is 27.5. The highest BCUT2D eigenvalue weighted by molar-refractivity contribution is 6.17. The van der Waals surface area contributed by atoms with Crippen LogP contribution in [0.25, 0.3) is 18.2 Å². The Morgan fingerprint density at radius 2 is 0.695 bits per heavy atom. The van der Waals surface area contributed by atoms with E-state index >= 15 is 0 Å². The number of rotatable bonds is 24. The van der Waals surface area contributed by atoms with Gasteiger partial charge in [-0.15, -0.1) is 0 Å². The number of aliphatic hydroxyl groups is 1. The number of esters is 4. The van der Waals surface area contributed by atoms with Crippen molar-refractivity contribution in [3.05, 3.63) is 106 Å². The molecule has 18 nitrogen and oxygen atoms in total. The van der Waals surface area contributed by atoms with E-state index in [0.29, 0.717) is 40.4 Å². The van der Waals surface area contributed by atoms with E-state index in [-0.39, 0.29) is 100 Å². The lowest BCUT2D eigenvalue weighted by Gasteiger charge is -2.25. The summed E-state index contributed by atoms with van der Waals surface area (Å²) < 4.78 is 39.9. The molecule has 0 spiro atoms. The largest absolute Gasteiger partial charge is 0.462 e. The Kier molecular flexibility index (Phi) is 23.7. The Morgan fingerprint density at radius 1 is 0.415 bits per heavy atom. The second kappa shape index (κ2) is 28.8. The van der Waals surface area contributed by atoms with Crippen LogP contribution in [-0.2, 0) is 52.3 Å². The van der Waals surface area contributed by atoms with Crippen LogP contribution in [0.4, 0.5) is 34.9 Å². The normalized spacial score (nSPS) is 13.6. The maximum atomic E-state index is 13.6. The predicted molar refractivity (Wildman–Crippen MR) is 322 cm³/mol. The molecule has 1 aromatic heterocycles. The maximum Gasteiger partial charge on any atom is 0.345 e. The van der Waals surface area contributed by atoms with Gasteiger partial charge in [-0.1, -0.05) is 161 Å². The van der Waals surface area contributed by atoms with E-state index in [1.165, 1.54) is 19.3 Å². The van der Waals surface area contributed by atoms with Crippen LogP contribution in [0.1, 0.15) is 141 Å². The third-order valence-corrected chi connectivity index (χ3v) is 10.6. The summed E-state index contributed by atoms with van der Waals surface area (Å²) in [6.45, 7) is 36.3. The quantitative estimate of drug-likeness (QED) is 0.0128. The third kappa shape index (κ3) is 25.9. The van der Waals surface area contributed by atoms with Gasteiger partial charge in [0.25, 0.3) is 0 Å². The number of carbonyl (C=O) groups is 4. The molecule has 0 aliphatic carbocycles. The summed E-state index contributed by atoms with van der Waals surface area (Å²) in [5, 5.41) is 20.8. The lowest BCUT2D eigenvalue weighted by molar-refractivity contribution is -0.154. The van der Waals surface area contributed by atoms with Gasteiger partial charge >= 0.3 is 23.9 Å². The molecule has 82 heavy (non-hydrogen) atoms. The Morgan fingerprint density at radius 3 is 1.01 bits per heavy atom. The fraction of sp³-hybridized carbons (Fsp3) is 0.516. The van der Waals surface area contributed by atoms with Gasteiger partial charge in [0, 0.05) is 24.2 Å². The minimum Gasteiger partial charge on any atom is -0.462 e. The smallest absolute Gasteiger partial charge is 0.345 e. The molecular formula is C64H90N6O12. The van der Waals surface area contributed by atoms with Gasteiger partial charge in [-0.25, -0.2) is 19.2 Å². The fourth-order valence-electron chi connectivity index (χ4n) is 6.58. The van der Waals surface area contributed by atoms with E-state index < -0.39 is 36.5 Å². The van der Waals surface area contributed by atoms with Crippen LogP contribution in [-0.4, -0.2) is 103 Å². The minimum atomic E-state index is -1.53. The van der Waals surface area contributed by atoms with Crippen LogP contribution >= 0.6 is 0 Å². The molecule has 3 aromatic carbocycles. The molecule has 0 aliphatic heterocycles. The van der Waals surface area contributed by atoms with E-state index in [9.17, 15) is 24.3 Å². The number of methoxy groups -OCH3 is 1. The first-order chi connectivity index (χ1) is 37.8. The molecule has 0 aliphatic rings. The lowest BCUT2D eigenvalue weighted by atomic mass is 9.98. The van der Waals surface area contributed by atoms with Crippen LogP contribution in [0.5, 0.6) is 0 Å². The van der Waals surface area contributed by atoms with Crippen molar-refractivity contribution < 1.29 is 57.4 Å².